The molecule has 0 spiro atoms. The molecule has 0 saturated carbocycles. The molecule has 9 heteroatoms. The number of hydrogen-bond acceptors (Lipinski definition) is 3. The van der Waals surface area contributed by atoms with Gasteiger partial charge >= 0.3 is 6.18 Å². The first-order valence-corrected chi connectivity index (χ1v) is 7.36. The van der Waals surface area contributed by atoms with Crippen LogP contribution in [0.3, 0.4) is 0 Å². The molecule has 0 fully saturated rings. The van der Waals surface area contributed by atoms with Gasteiger partial charge in [0.2, 0.25) is 0 Å². The normalized spacial score (nSPS) is 13.5. The molecular weight excluding hydrogens is 315 g/mol. The minimum atomic E-state index is -4.61. The highest BCUT2D eigenvalue weighted by atomic mass is 35.7. The van der Waals surface area contributed by atoms with Crippen LogP contribution in [0.1, 0.15) is 17.0 Å². The summed E-state index contributed by atoms with van der Waals surface area (Å²) in [7, 11) is 3.79. The van der Waals surface area contributed by atoms with Gasteiger partial charge in [0.25, 0.3) is 5.82 Å². The van der Waals surface area contributed by atoms with Gasteiger partial charge in [-0.2, -0.15) is 13.2 Å². The molecule has 0 aliphatic rings. The maximum Gasteiger partial charge on any atom is 0.453 e. The second-order valence-electron chi connectivity index (χ2n) is 4.14. The molecule has 0 aliphatic heterocycles. The highest BCUT2D eigenvalue weighted by molar-refractivity contribution is 8.08. The Morgan fingerprint density at radius 2 is 1.90 bits per heavy atom. The Hall–Kier alpha value is -1.41. The summed E-state index contributed by atoms with van der Waals surface area (Å²) >= 11 is 0. The van der Waals surface area contributed by atoms with Gasteiger partial charge in [-0.05, 0) is 41.7 Å². The number of rotatable bonds is 2. The summed E-state index contributed by atoms with van der Waals surface area (Å²) in [5, 5.41) is 3.38. The van der Waals surface area contributed by atoms with E-state index in [1.807, 2.05) is 0 Å². The second-order valence-corrected chi connectivity index (χ2v) is 5.87. The first-order chi connectivity index (χ1) is 9.20. The lowest BCUT2D eigenvalue weighted by Gasteiger charge is -2.09. The smallest absolute Gasteiger partial charge is 0.237 e. The lowest BCUT2D eigenvalue weighted by atomic mass is 10.1. The fraction of sp³-hybridized carbons (Fsp3) is 0.273. The Labute approximate surface area is 119 Å². The van der Waals surface area contributed by atoms with Crippen LogP contribution in [0.15, 0.2) is 23.4 Å². The first kappa shape index (κ1) is 15.0. The molecule has 2 rings (SSSR count). The van der Waals surface area contributed by atoms with Crippen molar-refractivity contribution in [2.75, 3.05) is 0 Å². The molecule has 0 bridgehead atoms. The zero-order valence-corrected chi connectivity index (χ0v) is 12.0. The van der Waals surface area contributed by atoms with E-state index in [1.54, 1.807) is 19.9 Å². The van der Waals surface area contributed by atoms with Gasteiger partial charge in [-0.3, -0.25) is 0 Å². The third kappa shape index (κ3) is 2.85. The molecule has 0 aliphatic carbocycles. The van der Waals surface area contributed by atoms with E-state index in [0.29, 0.717) is 21.7 Å². The van der Waals surface area contributed by atoms with Crippen LogP contribution in [-0.2, 0) is 16.2 Å². The lowest BCUT2D eigenvalue weighted by Crippen LogP contribution is -2.09. The van der Waals surface area contributed by atoms with E-state index in [-0.39, 0.29) is 0 Å². The molecule has 0 radical (unpaired) electrons. The van der Waals surface area contributed by atoms with Crippen molar-refractivity contribution in [3.05, 3.63) is 35.4 Å². The number of alkyl halides is 3. The van der Waals surface area contributed by atoms with E-state index in [0.717, 1.165) is 11.0 Å². The Bertz CT molecular complexity index is 684. The summed E-state index contributed by atoms with van der Waals surface area (Å²) in [5.74, 6) is -1.23. The second kappa shape index (κ2) is 5.17. The SMILES string of the molecule is Cc1cc(C)c(S(=O)Cl)cc1-n1cnc(C(F)(F)F)n1. The topological polar surface area (TPSA) is 47.8 Å². The first-order valence-electron chi connectivity index (χ1n) is 5.38. The zero-order chi connectivity index (χ0) is 15.1. The molecule has 108 valence electrons. The lowest BCUT2D eigenvalue weighted by molar-refractivity contribution is -0.144. The van der Waals surface area contributed by atoms with Crippen LogP contribution in [0.4, 0.5) is 13.2 Å². The summed E-state index contributed by atoms with van der Waals surface area (Å²) in [6, 6.07) is 3.13. The average molecular weight is 324 g/mol. The van der Waals surface area contributed by atoms with E-state index in [9.17, 15) is 17.4 Å². The van der Waals surface area contributed by atoms with Crippen molar-refractivity contribution in [2.45, 2.75) is 24.9 Å². The summed E-state index contributed by atoms with van der Waals surface area (Å²) in [6.07, 6.45) is -3.65. The molecule has 1 unspecified atom stereocenters. The number of halogens is 4. The van der Waals surface area contributed by atoms with Crippen LogP contribution >= 0.6 is 10.7 Å². The molecule has 1 aromatic heterocycles. The Morgan fingerprint density at radius 3 is 2.40 bits per heavy atom. The van der Waals surface area contributed by atoms with Gasteiger partial charge in [-0.25, -0.2) is 13.9 Å². The minimum Gasteiger partial charge on any atom is -0.237 e. The molecule has 0 amide bonds. The molecule has 1 heterocycles. The molecule has 1 aromatic carbocycles. The van der Waals surface area contributed by atoms with Crippen molar-refractivity contribution < 1.29 is 17.4 Å². The van der Waals surface area contributed by atoms with Gasteiger partial charge in [0.1, 0.15) is 16.3 Å². The van der Waals surface area contributed by atoms with Crippen LogP contribution in [0, 0.1) is 13.8 Å². The monoisotopic (exact) mass is 323 g/mol. The van der Waals surface area contributed by atoms with Crippen LogP contribution in [0.2, 0.25) is 0 Å². The largest absolute Gasteiger partial charge is 0.453 e. The summed E-state index contributed by atoms with van der Waals surface area (Å²) in [5.41, 5.74) is 1.71. The fourth-order valence-electron chi connectivity index (χ4n) is 1.75. The van der Waals surface area contributed by atoms with E-state index < -0.39 is 22.0 Å². The van der Waals surface area contributed by atoms with Crippen molar-refractivity contribution in [3.63, 3.8) is 0 Å². The molecule has 0 N–H and O–H groups in total. The minimum absolute atomic E-state index is 0.330. The van der Waals surface area contributed by atoms with Crippen LogP contribution in [0.5, 0.6) is 0 Å². The van der Waals surface area contributed by atoms with Crippen molar-refractivity contribution in [2.24, 2.45) is 0 Å². The maximum atomic E-state index is 12.5. The van der Waals surface area contributed by atoms with Gasteiger partial charge in [-0.15, -0.1) is 5.10 Å². The van der Waals surface area contributed by atoms with Crippen molar-refractivity contribution in [1.82, 2.24) is 14.8 Å². The molecule has 1 atom stereocenters. The molecule has 20 heavy (non-hydrogen) atoms. The maximum absolute atomic E-state index is 12.5. The standard InChI is InChI=1S/C11H9ClF3N3OS/c1-6-3-7(2)9(20(12)19)4-8(6)18-5-16-10(17-18)11(13,14)15/h3-5H,1-2H3. The van der Waals surface area contributed by atoms with E-state index in [2.05, 4.69) is 10.1 Å². The number of benzene rings is 1. The number of aryl methyl sites for hydroxylation is 2. The molecule has 2 aromatic rings. The van der Waals surface area contributed by atoms with Crippen molar-refractivity contribution in [3.8, 4) is 5.69 Å². The summed E-state index contributed by atoms with van der Waals surface area (Å²) < 4.78 is 49.8. The Balaban J connectivity index is 2.55. The predicted octanol–water partition coefficient (Wildman–Crippen LogP) is 3.16. The molecule has 0 saturated heterocycles. The van der Waals surface area contributed by atoms with Crippen molar-refractivity contribution in [1.29, 1.82) is 0 Å². The summed E-state index contributed by atoms with van der Waals surface area (Å²) in [6.45, 7) is 3.42. The van der Waals surface area contributed by atoms with Gasteiger partial charge in [0.15, 0.2) is 0 Å². The zero-order valence-electron chi connectivity index (χ0n) is 10.4. The molecule has 4 nitrogen and oxygen atoms in total. The number of aromatic nitrogens is 3. The van der Waals surface area contributed by atoms with Gasteiger partial charge in [-0.1, -0.05) is 6.07 Å². The quantitative estimate of drug-likeness (QED) is 0.798. The predicted molar refractivity (Wildman–Crippen MR) is 68.1 cm³/mol. The van der Waals surface area contributed by atoms with Crippen molar-refractivity contribution >= 4 is 20.7 Å². The van der Waals surface area contributed by atoms with Crippen LogP contribution in [-0.4, -0.2) is 19.0 Å². The van der Waals surface area contributed by atoms with E-state index in [1.165, 1.54) is 6.07 Å². The third-order valence-electron chi connectivity index (χ3n) is 2.66. The number of hydrogen-bond donors (Lipinski definition) is 0. The van der Waals surface area contributed by atoms with Crippen LogP contribution in [0.25, 0.3) is 5.69 Å². The van der Waals surface area contributed by atoms with Gasteiger partial charge < -0.3 is 0 Å². The van der Waals surface area contributed by atoms with E-state index in [4.69, 9.17) is 10.7 Å². The van der Waals surface area contributed by atoms with Gasteiger partial charge in [0, 0.05) is 0 Å². The fourth-order valence-corrected chi connectivity index (χ4v) is 2.77. The Kier molecular flexibility index (Phi) is 3.88. The highest BCUT2D eigenvalue weighted by Crippen LogP contribution is 2.27. The number of nitrogens with zero attached hydrogens (tertiary/aromatic N) is 3. The highest BCUT2D eigenvalue weighted by Gasteiger charge is 2.36. The van der Waals surface area contributed by atoms with E-state index >= 15 is 0 Å². The Morgan fingerprint density at radius 1 is 1.25 bits per heavy atom. The summed E-state index contributed by atoms with van der Waals surface area (Å²) in [4.78, 5) is 3.55. The average Bonchev–Trinajstić information content (AvgIpc) is 2.77. The molecular formula is C11H9ClF3N3OS. The third-order valence-corrected chi connectivity index (χ3v) is 3.94. The van der Waals surface area contributed by atoms with Gasteiger partial charge in [0.05, 0.1) is 10.6 Å². The van der Waals surface area contributed by atoms with Crippen LogP contribution < -0.4 is 0 Å².